The molecule has 1 aromatic rings. The lowest BCUT2D eigenvalue weighted by Gasteiger charge is -2.43. The van der Waals surface area contributed by atoms with Crippen molar-refractivity contribution in [3.05, 3.63) is 35.4 Å². The minimum absolute atomic E-state index is 0.139. The van der Waals surface area contributed by atoms with Gasteiger partial charge in [0.05, 0.1) is 11.3 Å². The number of carbonyl (C=O) groups excluding carboxylic acids is 2. The van der Waals surface area contributed by atoms with E-state index in [0.29, 0.717) is 33.6 Å². The van der Waals surface area contributed by atoms with Gasteiger partial charge >= 0.3 is 6.09 Å². The van der Waals surface area contributed by atoms with Gasteiger partial charge in [-0.05, 0) is 68.3 Å². The third kappa shape index (κ3) is 6.54. The van der Waals surface area contributed by atoms with Crippen LogP contribution in [0.25, 0.3) is 6.08 Å². The van der Waals surface area contributed by atoms with Gasteiger partial charge in [-0.15, -0.1) is 0 Å². The standard InChI is InChI=1S/C28H45NO4Si/c1-20(2)34(21(3)4,22(5)6)33-26(25(19-30)23-14-11-10-12-15-23)18-24-16-13-17-29(24)27(31)32-28(7,8)9/h13,16-18,20-23H,10-12,14-15H2,1-9H3/b26-18+. The maximum Gasteiger partial charge on any atom is 0.418 e. The first-order valence-corrected chi connectivity index (χ1v) is 15.0. The number of hydrogen-bond donors (Lipinski definition) is 0. The van der Waals surface area contributed by atoms with Crippen LogP contribution in [0.15, 0.2) is 29.7 Å². The predicted molar refractivity (Wildman–Crippen MR) is 142 cm³/mol. The summed E-state index contributed by atoms with van der Waals surface area (Å²) in [6, 6.07) is 3.68. The predicted octanol–water partition coefficient (Wildman–Crippen LogP) is 8.14. The van der Waals surface area contributed by atoms with E-state index in [0.717, 1.165) is 25.7 Å². The summed E-state index contributed by atoms with van der Waals surface area (Å²) >= 11 is 0. The summed E-state index contributed by atoms with van der Waals surface area (Å²) in [5.41, 5.74) is 1.72. The molecular formula is C28H45NO4Si. The van der Waals surface area contributed by atoms with Crippen LogP contribution >= 0.6 is 0 Å². The molecule has 6 heteroatoms. The highest BCUT2D eigenvalue weighted by Gasteiger charge is 2.48. The van der Waals surface area contributed by atoms with Gasteiger partial charge in [-0.1, -0.05) is 60.8 Å². The number of rotatable bonds is 8. The van der Waals surface area contributed by atoms with E-state index in [1.165, 1.54) is 11.0 Å². The van der Waals surface area contributed by atoms with E-state index in [1.807, 2.05) is 39.0 Å². The molecule has 0 unspecified atom stereocenters. The Morgan fingerprint density at radius 3 is 2.09 bits per heavy atom. The summed E-state index contributed by atoms with van der Waals surface area (Å²) in [5, 5.41) is 0. The monoisotopic (exact) mass is 487 g/mol. The molecule has 1 saturated carbocycles. The molecule has 0 N–H and O–H groups in total. The van der Waals surface area contributed by atoms with Crippen LogP contribution in [0.1, 0.15) is 100 Å². The van der Waals surface area contributed by atoms with Gasteiger partial charge in [-0.2, -0.15) is 0 Å². The average molecular weight is 488 g/mol. The van der Waals surface area contributed by atoms with E-state index < -0.39 is 20.0 Å². The van der Waals surface area contributed by atoms with Crippen LogP contribution in [0.4, 0.5) is 4.79 Å². The van der Waals surface area contributed by atoms with Crippen LogP contribution in [-0.4, -0.2) is 30.5 Å². The van der Waals surface area contributed by atoms with E-state index in [2.05, 4.69) is 47.5 Å². The third-order valence-electron chi connectivity index (χ3n) is 7.03. The van der Waals surface area contributed by atoms with E-state index in [4.69, 9.17) is 9.16 Å². The summed E-state index contributed by atoms with van der Waals surface area (Å²) in [5.74, 6) is 3.01. The molecule has 34 heavy (non-hydrogen) atoms. The number of allylic oxidation sites excluding steroid dienone is 1. The molecule has 0 radical (unpaired) electrons. The highest BCUT2D eigenvalue weighted by Crippen LogP contribution is 2.46. The Morgan fingerprint density at radius 2 is 1.62 bits per heavy atom. The Morgan fingerprint density at radius 1 is 1.06 bits per heavy atom. The van der Waals surface area contributed by atoms with Crippen LogP contribution < -0.4 is 0 Å². The number of carbonyl (C=O) groups is 1. The molecule has 190 valence electrons. The number of aromatic nitrogens is 1. The fraction of sp³-hybridized carbons (Fsp3) is 0.679. The lowest BCUT2D eigenvalue weighted by Crippen LogP contribution is -2.47. The fourth-order valence-electron chi connectivity index (χ4n) is 5.56. The smallest absolute Gasteiger partial charge is 0.418 e. The molecule has 1 aromatic heterocycles. The van der Waals surface area contributed by atoms with E-state index in [9.17, 15) is 9.59 Å². The largest absolute Gasteiger partial charge is 0.542 e. The maximum atomic E-state index is 12.9. The highest BCUT2D eigenvalue weighted by atomic mass is 28.4. The number of hydrogen-bond acceptors (Lipinski definition) is 4. The van der Waals surface area contributed by atoms with Crippen LogP contribution in [0.2, 0.25) is 16.6 Å². The normalized spacial score (nSPS) is 16.2. The molecule has 2 rings (SSSR count). The van der Waals surface area contributed by atoms with Gasteiger partial charge in [0.15, 0.2) is 0 Å². The summed E-state index contributed by atoms with van der Waals surface area (Å²) in [6.07, 6.45) is 8.48. The van der Waals surface area contributed by atoms with Crippen LogP contribution in [0, 0.1) is 5.92 Å². The van der Waals surface area contributed by atoms with Crippen molar-refractivity contribution in [2.45, 2.75) is 117 Å². The summed E-state index contributed by atoms with van der Waals surface area (Å²) in [4.78, 5) is 25.3. The van der Waals surface area contributed by atoms with Crippen molar-refractivity contribution in [3.63, 3.8) is 0 Å². The van der Waals surface area contributed by atoms with Crippen LogP contribution in [0.5, 0.6) is 0 Å². The van der Waals surface area contributed by atoms with Gasteiger partial charge in [0.2, 0.25) is 0 Å². The van der Waals surface area contributed by atoms with E-state index >= 15 is 0 Å². The van der Waals surface area contributed by atoms with Gasteiger partial charge in [0.25, 0.3) is 8.32 Å². The first-order valence-electron chi connectivity index (χ1n) is 12.9. The third-order valence-corrected chi connectivity index (χ3v) is 13.0. The summed E-state index contributed by atoms with van der Waals surface area (Å²) in [7, 11) is -2.34. The zero-order chi connectivity index (χ0) is 25.7. The van der Waals surface area contributed by atoms with Crippen molar-refractivity contribution in [2.24, 2.45) is 5.92 Å². The number of nitrogens with zero attached hydrogens (tertiary/aromatic N) is 1. The van der Waals surface area contributed by atoms with Gasteiger partial charge < -0.3 is 9.16 Å². The first-order chi connectivity index (χ1) is 15.8. The molecule has 1 heterocycles. The summed E-state index contributed by atoms with van der Waals surface area (Å²) < 4.78 is 14.2. The van der Waals surface area contributed by atoms with Crippen molar-refractivity contribution in [2.75, 3.05) is 0 Å². The molecule has 0 aromatic carbocycles. The first kappa shape index (κ1) is 28.2. The topological polar surface area (TPSA) is 57.5 Å². The highest BCUT2D eigenvalue weighted by molar-refractivity contribution is 6.78. The second-order valence-electron chi connectivity index (χ2n) is 11.6. The van der Waals surface area contributed by atoms with Gasteiger partial charge in [0.1, 0.15) is 17.3 Å². The maximum absolute atomic E-state index is 12.9. The molecule has 0 aliphatic heterocycles. The lowest BCUT2D eigenvalue weighted by molar-refractivity contribution is 0.0536. The second-order valence-corrected chi connectivity index (χ2v) is 16.9. The molecule has 0 saturated heterocycles. The molecule has 1 aliphatic rings. The SMILES string of the molecule is CC(C)[Si](O/C(=C/c1cccn1C(=O)OC(C)(C)C)C(=C=O)C1CCCCC1)(C(C)C)C(C)C. The second kappa shape index (κ2) is 11.6. The minimum Gasteiger partial charge on any atom is -0.542 e. The zero-order valence-electron chi connectivity index (χ0n) is 22.7. The van der Waals surface area contributed by atoms with Crippen LogP contribution in [0.3, 0.4) is 0 Å². The molecule has 1 fully saturated rings. The van der Waals surface area contributed by atoms with Gasteiger partial charge in [-0.3, -0.25) is 4.57 Å². The fourth-order valence-corrected chi connectivity index (χ4v) is 10.8. The van der Waals surface area contributed by atoms with E-state index in [-0.39, 0.29) is 5.92 Å². The Labute approximate surface area is 207 Å². The Balaban J connectivity index is 2.63. The van der Waals surface area contributed by atoms with Crippen molar-refractivity contribution in [3.8, 4) is 0 Å². The molecule has 0 atom stereocenters. The van der Waals surface area contributed by atoms with Crippen molar-refractivity contribution >= 4 is 26.4 Å². The quantitative estimate of drug-likeness (QED) is 0.161. The Kier molecular flexibility index (Phi) is 9.61. The molecule has 1 aliphatic carbocycles. The molecule has 5 nitrogen and oxygen atoms in total. The van der Waals surface area contributed by atoms with Crippen molar-refractivity contribution < 1.29 is 18.8 Å². The van der Waals surface area contributed by atoms with Gasteiger partial charge in [0, 0.05) is 12.3 Å². The Bertz CT molecular complexity index is 885. The van der Waals surface area contributed by atoms with Crippen molar-refractivity contribution in [1.29, 1.82) is 0 Å². The zero-order valence-corrected chi connectivity index (χ0v) is 23.7. The molecule has 0 bridgehead atoms. The van der Waals surface area contributed by atoms with Crippen LogP contribution in [-0.2, 0) is 14.0 Å². The lowest BCUT2D eigenvalue weighted by atomic mass is 9.83. The average Bonchev–Trinajstić information content (AvgIpc) is 3.19. The van der Waals surface area contributed by atoms with Crippen molar-refractivity contribution in [1.82, 2.24) is 4.57 Å². The van der Waals surface area contributed by atoms with Gasteiger partial charge in [-0.25, -0.2) is 9.59 Å². The molecular weight excluding hydrogens is 442 g/mol. The number of ether oxygens (including phenoxy) is 1. The Hall–Kier alpha value is -2.04. The summed E-state index contributed by atoms with van der Waals surface area (Å²) in [6.45, 7) is 19.0. The minimum atomic E-state index is -2.34. The van der Waals surface area contributed by atoms with E-state index in [1.54, 1.807) is 6.20 Å². The molecule has 0 amide bonds. The molecule has 0 spiro atoms.